The smallest absolute Gasteiger partial charge is 0.339 e. The zero-order valence-electron chi connectivity index (χ0n) is 18.7. The number of nitrogens with one attached hydrogen (secondary N) is 1. The maximum Gasteiger partial charge on any atom is 0.339 e. The van der Waals surface area contributed by atoms with E-state index in [0.717, 1.165) is 11.1 Å². The van der Waals surface area contributed by atoms with Gasteiger partial charge in [-0.25, -0.2) is 0 Å². The molecule has 0 aliphatic carbocycles. The van der Waals surface area contributed by atoms with Crippen LogP contribution in [0.4, 0.5) is 0 Å². The summed E-state index contributed by atoms with van der Waals surface area (Å²) in [5.41, 5.74) is 3.74. The van der Waals surface area contributed by atoms with Gasteiger partial charge in [-0.1, -0.05) is 55.8 Å². The minimum atomic E-state index is -3.94. The summed E-state index contributed by atoms with van der Waals surface area (Å²) in [7, 11) is -3.94. The highest BCUT2D eigenvalue weighted by atomic mass is 32.2. The molecule has 0 spiro atoms. The SMILES string of the molecule is Cc1ccc(S(=O)(=O)Oc2ccc([C@@H](C)NC(=O)Cc3ccc(C(C)C)cc3)nc2)cc1. The monoisotopic (exact) mass is 452 g/mol. The molecule has 1 atom stereocenters. The van der Waals surface area contributed by atoms with E-state index in [0.29, 0.717) is 11.6 Å². The van der Waals surface area contributed by atoms with Gasteiger partial charge in [0.2, 0.25) is 5.91 Å². The largest absolute Gasteiger partial charge is 0.377 e. The number of carbonyl (C=O) groups excluding carboxylic acids is 1. The van der Waals surface area contributed by atoms with E-state index in [-0.39, 0.29) is 29.0 Å². The lowest BCUT2D eigenvalue weighted by Gasteiger charge is -2.14. The maximum atomic E-state index is 12.4. The zero-order valence-corrected chi connectivity index (χ0v) is 19.5. The number of aryl methyl sites for hydroxylation is 1. The van der Waals surface area contributed by atoms with Crippen molar-refractivity contribution in [1.82, 2.24) is 10.3 Å². The van der Waals surface area contributed by atoms with E-state index in [4.69, 9.17) is 4.18 Å². The first-order valence-electron chi connectivity index (χ1n) is 10.5. The standard InChI is InChI=1S/C25H28N2O4S/c1-17(2)21-9-7-20(8-10-21)15-25(28)27-19(4)24-14-11-22(16-26-24)31-32(29,30)23-12-5-18(3)6-13-23/h5-14,16-17,19H,15H2,1-4H3,(H,27,28)/t19-/m1/s1. The third kappa shape index (κ3) is 6.17. The van der Waals surface area contributed by atoms with Crippen LogP contribution in [0.15, 0.2) is 71.8 Å². The van der Waals surface area contributed by atoms with Gasteiger partial charge in [0.1, 0.15) is 4.90 Å². The Morgan fingerprint density at radius 2 is 1.62 bits per heavy atom. The number of hydrogen-bond acceptors (Lipinski definition) is 5. The lowest BCUT2D eigenvalue weighted by molar-refractivity contribution is -0.121. The van der Waals surface area contributed by atoms with Gasteiger partial charge in [0, 0.05) is 0 Å². The molecule has 1 amide bonds. The summed E-state index contributed by atoms with van der Waals surface area (Å²) in [4.78, 5) is 16.7. The number of rotatable bonds is 8. The number of amides is 1. The molecule has 1 heterocycles. The highest BCUT2D eigenvalue weighted by molar-refractivity contribution is 7.87. The molecule has 0 unspecified atom stereocenters. The number of aromatic nitrogens is 1. The Balaban J connectivity index is 1.59. The molecule has 1 N–H and O–H groups in total. The van der Waals surface area contributed by atoms with Crippen molar-refractivity contribution < 1.29 is 17.4 Å². The second-order valence-corrected chi connectivity index (χ2v) is 9.68. The molecule has 0 radical (unpaired) electrons. The Bertz CT molecular complexity index is 1150. The zero-order chi connectivity index (χ0) is 23.3. The number of nitrogens with zero attached hydrogens (tertiary/aromatic N) is 1. The van der Waals surface area contributed by atoms with E-state index in [1.54, 1.807) is 18.2 Å². The summed E-state index contributed by atoms with van der Waals surface area (Å²) in [6.45, 7) is 7.96. The quantitative estimate of drug-likeness (QED) is 0.501. The average Bonchev–Trinajstić information content (AvgIpc) is 2.74. The Morgan fingerprint density at radius 3 is 2.19 bits per heavy atom. The minimum absolute atomic E-state index is 0.0780. The molecule has 32 heavy (non-hydrogen) atoms. The number of carbonyl (C=O) groups is 1. The average molecular weight is 453 g/mol. The highest BCUT2D eigenvalue weighted by Crippen LogP contribution is 2.20. The van der Waals surface area contributed by atoms with Crippen LogP contribution in [-0.4, -0.2) is 19.3 Å². The second-order valence-electron chi connectivity index (χ2n) is 8.13. The van der Waals surface area contributed by atoms with Crippen LogP contribution in [0.3, 0.4) is 0 Å². The van der Waals surface area contributed by atoms with Gasteiger partial charge in [-0.3, -0.25) is 9.78 Å². The van der Waals surface area contributed by atoms with Crippen LogP contribution in [0.5, 0.6) is 5.75 Å². The van der Waals surface area contributed by atoms with Gasteiger partial charge >= 0.3 is 10.1 Å². The lowest BCUT2D eigenvalue weighted by Crippen LogP contribution is -2.28. The van der Waals surface area contributed by atoms with E-state index < -0.39 is 10.1 Å². The summed E-state index contributed by atoms with van der Waals surface area (Å²) in [5, 5.41) is 2.92. The first-order valence-corrected chi connectivity index (χ1v) is 11.9. The summed E-state index contributed by atoms with van der Waals surface area (Å²) in [6, 6.07) is 17.3. The van der Waals surface area contributed by atoms with Gasteiger partial charge in [-0.2, -0.15) is 8.42 Å². The molecule has 0 aliphatic heterocycles. The van der Waals surface area contributed by atoms with Gasteiger partial charge < -0.3 is 9.50 Å². The van der Waals surface area contributed by atoms with Crippen LogP contribution in [0, 0.1) is 6.92 Å². The van der Waals surface area contributed by atoms with Crippen molar-refractivity contribution in [3.8, 4) is 5.75 Å². The van der Waals surface area contributed by atoms with Gasteiger partial charge in [-0.15, -0.1) is 0 Å². The van der Waals surface area contributed by atoms with Crippen LogP contribution in [0.25, 0.3) is 0 Å². The first kappa shape index (κ1) is 23.5. The van der Waals surface area contributed by atoms with Gasteiger partial charge in [0.25, 0.3) is 0 Å². The van der Waals surface area contributed by atoms with Gasteiger partial charge in [0.05, 0.1) is 24.4 Å². The van der Waals surface area contributed by atoms with Crippen molar-refractivity contribution in [3.05, 3.63) is 89.2 Å². The van der Waals surface area contributed by atoms with Crippen molar-refractivity contribution in [3.63, 3.8) is 0 Å². The normalized spacial score (nSPS) is 12.4. The van der Waals surface area contributed by atoms with Crippen LogP contribution >= 0.6 is 0 Å². The van der Waals surface area contributed by atoms with Crippen LogP contribution < -0.4 is 9.50 Å². The van der Waals surface area contributed by atoms with E-state index in [2.05, 4.69) is 24.1 Å². The molecule has 0 aliphatic rings. The van der Waals surface area contributed by atoms with Gasteiger partial charge in [-0.05, 0) is 55.2 Å². The van der Waals surface area contributed by atoms with E-state index >= 15 is 0 Å². The van der Waals surface area contributed by atoms with Crippen molar-refractivity contribution in [1.29, 1.82) is 0 Å². The lowest BCUT2D eigenvalue weighted by atomic mass is 10.0. The van der Waals surface area contributed by atoms with E-state index in [1.807, 2.05) is 38.1 Å². The fraction of sp³-hybridized carbons (Fsp3) is 0.280. The van der Waals surface area contributed by atoms with Crippen molar-refractivity contribution in [2.75, 3.05) is 0 Å². The fourth-order valence-electron chi connectivity index (χ4n) is 3.15. The van der Waals surface area contributed by atoms with Crippen molar-refractivity contribution in [2.45, 2.75) is 51.0 Å². The molecule has 0 bridgehead atoms. The van der Waals surface area contributed by atoms with Crippen LogP contribution in [0.2, 0.25) is 0 Å². The first-order chi connectivity index (χ1) is 15.1. The van der Waals surface area contributed by atoms with E-state index in [1.165, 1.54) is 30.0 Å². The molecule has 3 rings (SSSR count). The van der Waals surface area contributed by atoms with E-state index in [9.17, 15) is 13.2 Å². The van der Waals surface area contributed by atoms with Gasteiger partial charge in [0.15, 0.2) is 5.75 Å². The fourth-order valence-corrected chi connectivity index (χ4v) is 4.07. The van der Waals surface area contributed by atoms with Crippen LogP contribution in [-0.2, 0) is 21.3 Å². The molecule has 7 heteroatoms. The maximum absolute atomic E-state index is 12.4. The van der Waals surface area contributed by atoms with Crippen molar-refractivity contribution in [2.24, 2.45) is 0 Å². The molecule has 0 fully saturated rings. The second kappa shape index (κ2) is 9.96. The molecule has 3 aromatic rings. The molecule has 168 valence electrons. The third-order valence-electron chi connectivity index (χ3n) is 5.11. The third-order valence-corrected chi connectivity index (χ3v) is 6.37. The number of pyridine rings is 1. The topological polar surface area (TPSA) is 85.4 Å². The molecule has 1 aromatic heterocycles. The van der Waals surface area contributed by atoms with Crippen LogP contribution in [0.1, 0.15) is 55.1 Å². The molecule has 2 aromatic carbocycles. The molecule has 0 saturated heterocycles. The van der Waals surface area contributed by atoms with Crippen molar-refractivity contribution >= 4 is 16.0 Å². The minimum Gasteiger partial charge on any atom is -0.377 e. The summed E-state index contributed by atoms with van der Waals surface area (Å²) >= 11 is 0. The Morgan fingerprint density at radius 1 is 0.969 bits per heavy atom. The summed E-state index contributed by atoms with van der Waals surface area (Å²) < 4.78 is 30.0. The highest BCUT2D eigenvalue weighted by Gasteiger charge is 2.17. The molecule has 0 saturated carbocycles. The number of benzene rings is 2. The molecule has 6 nitrogen and oxygen atoms in total. The molecular formula is C25H28N2O4S. The summed E-state index contributed by atoms with van der Waals surface area (Å²) in [6.07, 6.45) is 1.62. The predicted octanol–water partition coefficient (Wildman–Crippen LogP) is 4.70. The molecular weight excluding hydrogens is 424 g/mol. The number of hydrogen-bond donors (Lipinski definition) is 1. The Kier molecular flexibility index (Phi) is 7.30. The Labute approximate surface area is 189 Å². The summed E-state index contributed by atoms with van der Waals surface area (Å²) in [5.74, 6) is 0.444. The Hall–Kier alpha value is -3.19. The predicted molar refractivity (Wildman–Crippen MR) is 124 cm³/mol.